The van der Waals surface area contributed by atoms with Gasteiger partial charge in [0, 0.05) is 18.3 Å². The van der Waals surface area contributed by atoms with Crippen molar-refractivity contribution in [3.8, 4) is 0 Å². The van der Waals surface area contributed by atoms with Crippen molar-refractivity contribution in [2.45, 2.75) is 65.5 Å². The number of H-pyrrole nitrogens is 1. The molecule has 31 heavy (non-hydrogen) atoms. The average Bonchev–Trinajstić information content (AvgIpc) is 3.20. The van der Waals surface area contributed by atoms with Crippen molar-refractivity contribution in [2.24, 2.45) is 11.8 Å². The highest BCUT2D eigenvalue weighted by molar-refractivity contribution is 7.98. The number of aromatic amines is 1. The standard InChI is InChI=1S/C21H36N4O5S/c1-6-15(4)17(24-19(26)10-16-11-22-13-23-16)12-30-25(20(27)9-14(2)3)18(21(28)29)7-8-31-5/h11,13-15,17-18H,6-10,12H2,1-5H3,(H,22,23)(H,24,26)(H,28,29)/t15-,17+,18-/m0/s1. The average molecular weight is 457 g/mol. The number of carbonyl (C=O) groups is 3. The van der Waals surface area contributed by atoms with E-state index in [1.165, 1.54) is 18.1 Å². The van der Waals surface area contributed by atoms with Crippen molar-refractivity contribution in [3.05, 3.63) is 18.2 Å². The number of hydrogen-bond donors (Lipinski definition) is 3. The number of imidazole rings is 1. The van der Waals surface area contributed by atoms with E-state index in [0.717, 1.165) is 11.5 Å². The summed E-state index contributed by atoms with van der Waals surface area (Å²) < 4.78 is 0. The highest BCUT2D eigenvalue weighted by Crippen LogP contribution is 2.16. The van der Waals surface area contributed by atoms with Crippen LogP contribution in [-0.2, 0) is 25.6 Å². The van der Waals surface area contributed by atoms with Crippen LogP contribution in [0.15, 0.2) is 12.5 Å². The molecule has 0 saturated heterocycles. The maximum absolute atomic E-state index is 12.8. The maximum Gasteiger partial charge on any atom is 0.329 e. The molecule has 0 spiro atoms. The quantitative estimate of drug-likeness (QED) is 0.346. The molecule has 1 heterocycles. The number of hydroxylamine groups is 2. The van der Waals surface area contributed by atoms with Gasteiger partial charge in [0.2, 0.25) is 11.8 Å². The van der Waals surface area contributed by atoms with Crippen LogP contribution in [0.3, 0.4) is 0 Å². The number of rotatable bonds is 15. The highest BCUT2D eigenvalue weighted by atomic mass is 32.2. The first-order chi connectivity index (χ1) is 14.7. The Bertz CT molecular complexity index is 683. The van der Waals surface area contributed by atoms with Gasteiger partial charge in [-0.15, -0.1) is 0 Å². The van der Waals surface area contributed by atoms with Crippen molar-refractivity contribution in [2.75, 3.05) is 18.6 Å². The number of aromatic nitrogens is 2. The molecule has 3 atom stereocenters. The van der Waals surface area contributed by atoms with Gasteiger partial charge in [0.1, 0.15) is 0 Å². The molecule has 3 N–H and O–H groups in total. The monoisotopic (exact) mass is 456 g/mol. The second kappa shape index (κ2) is 14.1. The van der Waals surface area contributed by atoms with Gasteiger partial charge in [-0.3, -0.25) is 14.4 Å². The SMILES string of the molecule is CC[C@H](C)[C@@H](CON(C(=O)CC(C)C)[C@@H](CCSC)C(=O)O)NC(=O)Cc1cnc[nH]1. The zero-order chi connectivity index (χ0) is 23.4. The van der Waals surface area contributed by atoms with E-state index in [9.17, 15) is 19.5 Å². The molecule has 0 radical (unpaired) electrons. The Morgan fingerprint density at radius 2 is 2.03 bits per heavy atom. The fourth-order valence-electron chi connectivity index (χ4n) is 2.95. The predicted molar refractivity (Wildman–Crippen MR) is 120 cm³/mol. The molecular formula is C21H36N4O5S. The number of carbonyl (C=O) groups excluding carboxylic acids is 2. The minimum absolute atomic E-state index is 0.0105. The summed E-state index contributed by atoms with van der Waals surface area (Å²) in [6, 6.07) is -1.44. The number of nitrogens with zero attached hydrogens (tertiary/aromatic N) is 2. The van der Waals surface area contributed by atoms with Crippen molar-refractivity contribution in [3.63, 3.8) is 0 Å². The topological polar surface area (TPSA) is 125 Å². The van der Waals surface area contributed by atoms with Crippen molar-refractivity contribution in [1.82, 2.24) is 20.3 Å². The van der Waals surface area contributed by atoms with E-state index in [1.54, 1.807) is 6.20 Å². The molecule has 9 nitrogen and oxygen atoms in total. The third kappa shape index (κ3) is 9.73. The minimum atomic E-state index is -1.10. The summed E-state index contributed by atoms with van der Waals surface area (Å²) in [5.74, 6) is -0.947. The van der Waals surface area contributed by atoms with Gasteiger partial charge in [-0.2, -0.15) is 11.8 Å². The predicted octanol–water partition coefficient (Wildman–Crippen LogP) is 2.50. The number of carboxylic acid groups (broad SMARTS) is 1. The van der Waals surface area contributed by atoms with Crippen molar-refractivity contribution >= 4 is 29.5 Å². The molecule has 0 aliphatic rings. The lowest BCUT2D eigenvalue weighted by atomic mass is 9.99. The molecule has 0 aromatic carbocycles. The normalized spacial score (nSPS) is 14.1. The van der Waals surface area contributed by atoms with Gasteiger partial charge in [-0.1, -0.05) is 34.1 Å². The first-order valence-electron chi connectivity index (χ1n) is 10.6. The van der Waals surface area contributed by atoms with Gasteiger partial charge in [0.15, 0.2) is 6.04 Å². The highest BCUT2D eigenvalue weighted by Gasteiger charge is 2.32. The van der Waals surface area contributed by atoms with Crippen LogP contribution in [-0.4, -0.2) is 68.6 Å². The van der Waals surface area contributed by atoms with Gasteiger partial charge in [0.05, 0.1) is 25.4 Å². The lowest BCUT2D eigenvalue weighted by molar-refractivity contribution is -0.211. The lowest BCUT2D eigenvalue weighted by Crippen LogP contribution is -2.50. The lowest BCUT2D eigenvalue weighted by Gasteiger charge is -2.32. The van der Waals surface area contributed by atoms with Gasteiger partial charge < -0.3 is 15.4 Å². The maximum atomic E-state index is 12.8. The van der Waals surface area contributed by atoms with Crippen LogP contribution in [0.2, 0.25) is 0 Å². The Hall–Kier alpha value is -2.07. The third-order valence-corrected chi connectivity index (χ3v) is 5.61. The van der Waals surface area contributed by atoms with Crippen LogP contribution in [0.25, 0.3) is 0 Å². The van der Waals surface area contributed by atoms with Gasteiger partial charge in [0.25, 0.3) is 0 Å². The van der Waals surface area contributed by atoms with Crippen LogP contribution in [0, 0.1) is 11.8 Å². The summed E-state index contributed by atoms with van der Waals surface area (Å²) in [6.45, 7) is 7.78. The fraction of sp³-hybridized carbons (Fsp3) is 0.714. The van der Waals surface area contributed by atoms with Crippen LogP contribution in [0.5, 0.6) is 0 Å². The molecule has 0 aliphatic heterocycles. The number of amides is 2. The summed E-state index contributed by atoms with van der Waals surface area (Å²) in [6.07, 6.45) is 6.38. The summed E-state index contributed by atoms with van der Waals surface area (Å²) >= 11 is 1.51. The van der Waals surface area contributed by atoms with Gasteiger partial charge in [-0.25, -0.2) is 14.8 Å². The second-order valence-electron chi connectivity index (χ2n) is 8.06. The number of carboxylic acids is 1. The molecule has 1 rings (SSSR count). The van der Waals surface area contributed by atoms with Crippen molar-refractivity contribution in [1.29, 1.82) is 0 Å². The number of hydrogen-bond acceptors (Lipinski definition) is 6. The number of nitrogens with one attached hydrogen (secondary N) is 2. The Kier molecular flexibility index (Phi) is 12.2. The first kappa shape index (κ1) is 27.0. The molecule has 0 fully saturated rings. The van der Waals surface area contributed by atoms with E-state index in [4.69, 9.17) is 4.84 Å². The van der Waals surface area contributed by atoms with Crippen LogP contribution in [0.1, 0.15) is 52.7 Å². The minimum Gasteiger partial charge on any atom is -0.480 e. The molecule has 0 aliphatic carbocycles. The van der Waals surface area contributed by atoms with E-state index < -0.39 is 12.0 Å². The molecule has 2 amide bonds. The van der Waals surface area contributed by atoms with E-state index in [1.807, 2.05) is 34.0 Å². The Balaban J connectivity index is 2.92. The molecule has 0 saturated carbocycles. The smallest absolute Gasteiger partial charge is 0.329 e. The zero-order valence-corrected chi connectivity index (χ0v) is 19.9. The molecule has 0 unspecified atom stereocenters. The van der Waals surface area contributed by atoms with Crippen LogP contribution in [0.4, 0.5) is 0 Å². The molecule has 10 heteroatoms. The van der Waals surface area contributed by atoms with E-state index >= 15 is 0 Å². The van der Waals surface area contributed by atoms with Crippen LogP contribution >= 0.6 is 11.8 Å². The van der Waals surface area contributed by atoms with Gasteiger partial charge >= 0.3 is 5.97 Å². The van der Waals surface area contributed by atoms with E-state index in [2.05, 4.69) is 15.3 Å². The summed E-state index contributed by atoms with van der Waals surface area (Å²) in [7, 11) is 0. The number of aliphatic carboxylic acids is 1. The Labute approximate surface area is 188 Å². The molecule has 1 aromatic rings. The Morgan fingerprint density at radius 1 is 1.32 bits per heavy atom. The summed E-state index contributed by atoms with van der Waals surface area (Å²) in [4.78, 5) is 49.7. The first-order valence-corrected chi connectivity index (χ1v) is 12.0. The number of thioether (sulfide) groups is 1. The second-order valence-corrected chi connectivity index (χ2v) is 9.05. The summed E-state index contributed by atoms with van der Waals surface area (Å²) in [5.41, 5.74) is 0.693. The van der Waals surface area contributed by atoms with Crippen molar-refractivity contribution < 1.29 is 24.3 Å². The molecule has 1 aromatic heterocycles. The molecular weight excluding hydrogens is 420 g/mol. The fourth-order valence-corrected chi connectivity index (χ4v) is 3.41. The van der Waals surface area contributed by atoms with E-state index in [0.29, 0.717) is 11.4 Å². The largest absolute Gasteiger partial charge is 0.480 e. The summed E-state index contributed by atoms with van der Waals surface area (Å²) in [5, 5.41) is 13.7. The van der Waals surface area contributed by atoms with E-state index in [-0.39, 0.29) is 55.6 Å². The molecule has 0 bridgehead atoms. The zero-order valence-electron chi connectivity index (χ0n) is 19.1. The third-order valence-electron chi connectivity index (χ3n) is 4.97. The van der Waals surface area contributed by atoms with Crippen LogP contribution < -0.4 is 5.32 Å². The Morgan fingerprint density at radius 3 is 2.55 bits per heavy atom. The molecule has 176 valence electrons. The van der Waals surface area contributed by atoms with Gasteiger partial charge in [-0.05, 0) is 30.3 Å².